The smallest absolute Gasteiger partial charge is 0.223 e. The molecule has 1 amide bonds. The van der Waals surface area contributed by atoms with E-state index in [4.69, 9.17) is 4.74 Å². The van der Waals surface area contributed by atoms with Crippen molar-refractivity contribution in [2.45, 2.75) is 18.8 Å². The molecular formula is C20H24N2O3. The third-order valence-electron chi connectivity index (χ3n) is 4.71. The number of carbonyl (C=O) groups is 1. The monoisotopic (exact) mass is 340 g/mol. The van der Waals surface area contributed by atoms with E-state index < -0.39 is 0 Å². The number of benzene rings is 1. The lowest BCUT2D eigenvalue weighted by Gasteiger charge is -2.15. The fourth-order valence-corrected chi connectivity index (χ4v) is 3.19. The maximum atomic E-state index is 12.4. The molecule has 2 aromatic rings. The highest BCUT2D eigenvalue weighted by atomic mass is 16.5. The molecule has 1 aliphatic rings. The van der Waals surface area contributed by atoms with Gasteiger partial charge in [-0.1, -0.05) is 24.3 Å². The first-order valence-corrected chi connectivity index (χ1v) is 8.64. The molecule has 1 aliphatic carbocycles. The summed E-state index contributed by atoms with van der Waals surface area (Å²) in [6, 6.07) is 13.6. The number of ether oxygens (including phenoxy) is 1. The van der Waals surface area contributed by atoms with E-state index in [2.05, 4.69) is 10.3 Å². The number of pyridine rings is 1. The Hall–Kier alpha value is -2.40. The van der Waals surface area contributed by atoms with Crippen LogP contribution in [0.3, 0.4) is 0 Å². The van der Waals surface area contributed by atoms with Crippen molar-refractivity contribution in [2.24, 2.45) is 11.8 Å². The summed E-state index contributed by atoms with van der Waals surface area (Å²) in [5, 5.41) is 12.5. The molecule has 3 atom stereocenters. The maximum absolute atomic E-state index is 12.4. The zero-order chi connectivity index (χ0) is 17.6. The van der Waals surface area contributed by atoms with Crippen molar-refractivity contribution in [1.82, 2.24) is 10.3 Å². The van der Waals surface area contributed by atoms with Crippen molar-refractivity contribution in [3.63, 3.8) is 0 Å². The summed E-state index contributed by atoms with van der Waals surface area (Å²) in [7, 11) is 1.65. The molecule has 1 aromatic carbocycles. The van der Waals surface area contributed by atoms with Gasteiger partial charge in [0, 0.05) is 36.9 Å². The Kier molecular flexibility index (Phi) is 5.66. The largest absolute Gasteiger partial charge is 0.496 e. The van der Waals surface area contributed by atoms with E-state index >= 15 is 0 Å². The first-order valence-electron chi connectivity index (χ1n) is 8.64. The topological polar surface area (TPSA) is 71.5 Å². The lowest BCUT2D eigenvalue weighted by atomic mass is 10.0. The maximum Gasteiger partial charge on any atom is 0.223 e. The van der Waals surface area contributed by atoms with Gasteiger partial charge in [-0.25, -0.2) is 0 Å². The van der Waals surface area contributed by atoms with Gasteiger partial charge in [0.05, 0.1) is 7.11 Å². The number of hydrogen-bond acceptors (Lipinski definition) is 4. The third kappa shape index (κ3) is 4.37. The van der Waals surface area contributed by atoms with Crippen LogP contribution in [0.15, 0.2) is 48.7 Å². The second-order valence-corrected chi connectivity index (χ2v) is 6.51. The first kappa shape index (κ1) is 17.4. The van der Waals surface area contributed by atoms with Crippen LogP contribution in [0.4, 0.5) is 0 Å². The molecule has 25 heavy (non-hydrogen) atoms. The summed E-state index contributed by atoms with van der Waals surface area (Å²) in [5.74, 6) is 1.08. The lowest BCUT2D eigenvalue weighted by molar-refractivity contribution is -0.122. The summed E-state index contributed by atoms with van der Waals surface area (Å²) in [5.41, 5.74) is 2.02. The standard InChI is InChI=1S/C20H24N2O3/c1-25-19-8-3-2-7-16(19)17-11-18(17)20(24)22-12-14(13-23)10-15-6-4-5-9-21-15/h2-9,14,17-18,23H,10-13H2,1H3,(H,22,24). The van der Waals surface area contributed by atoms with Gasteiger partial charge in [-0.05, 0) is 42.5 Å². The van der Waals surface area contributed by atoms with E-state index in [1.807, 2.05) is 42.5 Å². The molecule has 1 heterocycles. The Balaban J connectivity index is 1.51. The second kappa shape index (κ2) is 8.12. The van der Waals surface area contributed by atoms with Gasteiger partial charge in [0.15, 0.2) is 0 Å². The van der Waals surface area contributed by atoms with Gasteiger partial charge >= 0.3 is 0 Å². The minimum Gasteiger partial charge on any atom is -0.496 e. The minimum absolute atomic E-state index is 0.00880. The van der Waals surface area contributed by atoms with Crippen molar-refractivity contribution < 1.29 is 14.6 Å². The molecule has 0 bridgehead atoms. The molecular weight excluding hydrogens is 316 g/mol. The van der Waals surface area contributed by atoms with Crippen LogP contribution in [0, 0.1) is 11.8 Å². The Morgan fingerprint density at radius 1 is 1.32 bits per heavy atom. The zero-order valence-corrected chi connectivity index (χ0v) is 14.4. The number of methoxy groups -OCH3 is 1. The van der Waals surface area contributed by atoms with Crippen molar-refractivity contribution in [3.05, 3.63) is 59.9 Å². The number of carbonyl (C=O) groups excluding carboxylic acids is 1. The van der Waals surface area contributed by atoms with Crippen LogP contribution in [0.25, 0.3) is 0 Å². The third-order valence-corrected chi connectivity index (χ3v) is 4.71. The molecule has 0 spiro atoms. The highest BCUT2D eigenvalue weighted by Crippen LogP contribution is 2.50. The number of nitrogens with one attached hydrogen (secondary N) is 1. The van der Waals surface area contributed by atoms with Crippen LogP contribution in [-0.4, -0.2) is 36.3 Å². The number of aliphatic hydroxyl groups is 1. The molecule has 0 saturated heterocycles. The minimum atomic E-state index is -0.0256. The predicted molar refractivity (Wildman–Crippen MR) is 95.4 cm³/mol. The molecule has 1 saturated carbocycles. The van der Waals surface area contributed by atoms with Gasteiger partial charge in [0.2, 0.25) is 5.91 Å². The van der Waals surface area contributed by atoms with E-state index in [0.29, 0.717) is 13.0 Å². The summed E-state index contributed by atoms with van der Waals surface area (Å²) in [4.78, 5) is 16.7. The summed E-state index contributed by atoms with van der Waals surface area (Å²) >= 11 is 0. The molecule has 5 heteroatoms. The van der Waals surface area contributed by atoms with Gasteiger partial charge in [0.1, 0.15) is 5.75 Å². The normalized spacial score (nSPS) is 19.9. The summed E-state index contributed by atoms with van der Waals surface area (Å²) < 4.78 is 5.38. The zero-order valence-electron chi connectivity index (χ0n) is 14.4. The van der Waals surface area contributed by atoms with Crippen LogP contribution in [0.1, 0.15) is 23.6 Å². The number of para-hydroxylation sites is 1. The molecule has 5 nitrogen and oxygen atoms in total. The van der Waals surface area contributed by atoms with E-state index in [1.54, 1.807) is 13.3 Å². The molecule has 0 radical (unpaired) electrons. The highest BCUT2D eigenvalue weighted by Gasteiger charge is 2.45. The van der Waals surface area contributed by atoms with Crippen molar-refractivity contribution >= 4 is 5.91 Å². The average molecular weight is 340 g/mol. The predicted octanol–water partition coefficient (Wildman–Crippen LogP) is 2.16. The fourth-order valence-electron chi connectivity index (χ4n) is 3.19. The molecule has 1 aromatic heterocycles. The van der Waals surface area contributed by atoms with Gasteiger partial charge in [-0.15, -0.1) is 0 Å². The number of amides is 1. The van der Waals surface area contributed by atoms with Crippen LogP contribution < -0.4 is 10.1 Å². The Labute approximate surface area is 148 Å². The van der Waals surface area contributed by atoms with Crippen molar-refractivity contribution in [1.29, 1.82) is 0 Å². The van der Waals surface area contributed by atoms with E-state index in [1.165, 1.54) is 0 Å². The van der Waals surface area contributed by atoms with Gasteiger partial charge in [0.25, 0.3) is 0 Å². The average Bonchev–Trinajstić information content (AvgIpc) is 3.46. The summed E-state index contributed by atoms with van der Waals surface area (Å²) in [6.45, 7) is 0.485. The fraction of sp³-hybridized carbons (Fsp3) is 0.400. The van der Waals surface area contributed by atoms with E-state index in [-0.39, 0.29) is 30.3 Å². The number of aliphatic hydroxyl groups excluding tert-OH is 1. The first-order chi connectivity index (χ1) is 12.2. The van der Waals surface area contributed by atoms with Gasteiger partial charge in [-0.2, -0.15) is 0 Å². The van der Waals surface area contributed by atoms with Crippen molar-refractivity contribution in [3.8, 4) is 5.75 Å². The lowest BCUT2D eigenvalue weighted by Crippen LogP contribution is -2.33. The van der Waals surface area contributed by atoms with E-state index in [9.17, 15) is 9.90 Å². The Morgan fingerprint density at radius 2 is 2.12 bits per heavy atom. The molecule has 3 rings (SSSR count). The number of nitrogens with zero attached hydrogens (tertiary/aromatic N) is 1. The molecule has 0 aliphatic heterocycles. The second-order valence-electron chi connectivity index (χ2n) is 6.51. The molecule has 2 N–H and O–H groups in total. The molecule has 3 unspecified atom stereocenters. The van der Waals surface area contributed by atoms with Crippen molar-refractivity contribution in [2.75, 3.05) is 20.3 Å². The van der Waals surface area contributed by atoms with Crippen LogP contribution in [0.5, 0.6) is 5.75 Å². The number of aromatic nitrogens is 1. The Morgan fingerprint density at radius 3 is 2.84 bits per heavy atom. The molecule has 132 valence electrons. The van der Waals surface area contributed by atoms with Crippen LogP contribution in [-0.2, 0) is 11.2 Å². The highest BCUT2D eigenvalue weighted by molar-refractivity contribution is 5.83. The number of rotatable bonds is 8. The molecule has 1 fully saturated rings. The van der Waals surface area contributed by atoms with Gasteiger partial charge < -0.3 is 15.2 Å². The quantitative estimate of drug-likeness (QED) is 0.772. The van der Waals surface area contributed by atoms with Crippen LogP contribution >= 0.6 is 0 Å². The van der Waals surface area contributed by atoms with Gasteiger partial charge in [-0.3, -0.25) is 9.78 Å². The number of hydrogen-bond donors (Lipinski definition) is 2. The summed E-state index contributed by atoms with van der Waals surface area (Å²) in [6.07, 6.45) is 3.23. The van der Waals surface area contributed by atoms with E-state index in [0.717, 1.165) is 23.4 Å². The Bertz CT molecular complexity index is 705. The SMILES string of the molecule is COc1ccccc1C1CC1C(=O)NCC(CO)Cc1ccccn1. The van der Waals surface area contributed by atoms with Crippen LogP contribution in [0.2, 0.25) is 0 Å².